The van der Waals surface area contributed by atoms with Gasteiger partial charge in [0.2, 0.25) is 0 Å². The number of anilines is 1. The van der Waals surface area contributed by atoms with Crippen molar-refractivity contribution in [2.75, 3.05) is 32.2 Å². The Bertz CT molecular complexity index is 489. The van der Waals surface area contributed by atoms with Crippen LogP contribution in [0.2, 0.25) is 0 Å². The number of ether oxygens (including phenoxy) is 2. The van der Waals surface area contributed by atoms with E-state index in [9.17, 15) is 9.59 Å². The lowest BCUT2D eigenvalue weighted by molar-refractivity contribution is -0.145. The van der Waals surface area contributed by atoms with Gasteiger partial charge in [0.1, 0.15) is 0 Å². The second-order valence-electron chi connectivity index (χ2n) is 4.58. The zero-order valence-corrected chi connectivity index (χ0v) is 11.5. The van der Waals surface area contributed by atoms with E-state index < -0.39 is 5.97 Å². The number of carbonyl (C=O) groups is 2. The SMILES string of the molecule is COC(=O)c1ccc(N2CCCC(C(=O)OC)C2)nn1. The average Bonchev–Trinajstić information content (AvgIpc) is 2.53. The maximum Gasteiger partial charge on any atom is 0.358 e. The Balaban J connectivity index is 2.07. The Morgan fingerprint density at radius 2 is 2.05 bits per heavy atom. The van der Waals surface area contributed by atoms with Crippen LogP contribution in [0, 0.1) is 5.92 Å². The highest BCUT2D eigenvalue weighted by atomic mass is 16.5. The Kier molecular flexibility index (Phi) is 4.49. The van der Waals surface area contributed by atoms with Gasteiger partial charge < -0.3 is 14.4 Å². The van der Waals surface area contributed by atoms with Crippen LogP contribution in [0.1, 0.15) is 23.3 Å². The van der Waals surface area contributed by atoms with Gasteiger partial charge in [0.25, 0.3) is 0 Å². The molecule has 0 saturated carbocycles. The molecule has 1 aromatic rings. The fourth-order valence-electron chi connectivity index (χ4n) is 2.25. The van der Waals surface area contributed by atoms with Gasteiger partial charge in [-0.25, -0.2) is 4.79 Å². The van der Waals surface area contributed by atoms with Gasteiger partial charge in [-0.2, -0.15) is 0 Å². The van der Waals surface area contributed by atoms with E-state index in [0.717, 1.165) is 19.4 Å². The number of hydrogen-bond donors (Lipinski definition) is 0. The molecule has 1 unspecified atom stereocenters. The number of methoxy groups -OCH3 is 2. The molecule has 7 nitrogen and oxygen atoms in total. The third kappa shape index (κ3) is 3.04. The van der Waals surface area contributed by atoms with Gasteiger partial charge in [0.15, 0.2) is 11.5 Å². The van der Waals surface area contributed by atoms with E-state index in [1.54, 1.807) is 12.1 Å². The molecule has 7 heteroatoms. The van der Waals surface area contributed by atoms with E-state index in [1.807, 2.05) is 4.90 Å². The van der Waals surface area contributed by atoms with Crippen molar-refractivity contribution in [1.82, 2.24) is 10.2 Å². The summed E-state index contributed by atoms with van der Waals surface area (Å²) in [6.07, 6.45) is 1.71. The molecule has 1 fully saturated rings. The van der Waals surface area contributed by atoms with E-state index in [-0.39, 0.29) is 17.6 Å². The zero-order valence-electron chi connectivity index (χ0n) is 11.5. The summed E-state index contributed by atoms with van der Waals surface area (Å²) in [5.74, 6) is -0.217. The van der Waals surface area contributed by atoms with Crippen molar-refractivity contribution in [3.63, 3.8) is 0 Å². The summed E-state index contributed by atoms with van der Waals surface area (Å²) < 4.78 is 9.34. The average molecular weight is 279 g/mol. The van der Waals surface area contributed by atoms with Gasteiger partial charge >= 0.3 is 11.9 Å². The maximum atomic E-state index is 11.6. The minimum Gasteiger partial charge on any atom is -0.469 e. The van der Waals surface area contributed by atoms with E-state index in [0.29, 0.717) is 12.4 Å². The van der Waals surface area contributed by atoms with E-state index in [2.05, 4.69) is 14.9 Å². The number of hydrogen-bond acceptors (Lipinski definition) is 7. The van der Waals surface area contributed by atoms with Crippen LogP contribution in [0.4, 0.5) is 5.82 Å². The number of aromatic nitrogens is 2. The molecular weight excluding hydrogens is 262 g/mol. The molecule has 0 N–H and O–H groups in total. The van der Waals surface area contributed by atoms with E-state index in [4.69, 9.17) is 4.74 Å². The Morgan fingerprint density at radius 1 is 1.25 bits per heavy atom. The minimum absolute atomic E-state index is 0.143. The molecule has 0 aliphatic carbocycles. The molecule has 1 aliphatic heterocycles. The molecule has 2 heterocycles. The normalized spacial score (nSPS) is 18.5. The standard InChI is InChI=1S/C13H17N3O4/c1-19-12(17)9-4-3-7-16(8-9)11-6-5-10(14-15-11)13(18)20-2/h5-6,9H,3-4,7-8H2,1-2H3. The molecule has 1 saturated heterocycles. The molecule has 0 spiro atoms. The first-order valence-corrected chi connectivity index (χ1v) is 6.40. The Labute approximate surface area is 116 Å². The van der Waals surface area contributed by atoms with Crippen molar-refractivity contribution >= 4 is 17.8 Å². The molecule has 108 valence electrons. The second-order valence-corrected chi connectivity index (χ2v) is 4.58. The van der Waals surface area contributed by atoms with Crippen LogP contribution < -0.4 is 4.90 Å². The third-order valence-electron chi connectivity index (χ3n) is 3.32. The van der Waals surface area contributed by atoms with Crippen molar-refractivity contribution in [3.8, 4) is 0 Å². The van der Waals surface area contributed by atoms with Gasteiger partial charge in [0.05, 0.1) is 20.1 Å². The van der Waals surface area contributed by atoms with Crippen LogP contribution in [-0.2, 0) is 14.3 Å². The van der Waals surface area contributed by atoms with Crippen LogP contribution in [0.3, 0.4) is 0 Å². The first-order valence-electron chi connectivity index (χ1n) is 6.40. The molecule has 0 radical (unpaired) electrons. The highest BCUT2D eigenvalue weighted by Gasteiger charge is 2.27. The summed E-state index contributed by atoms with van der Waals surface area (Å²) in [6, 6.07) is 3.27. The van der Waals surface area contributed by atoms with Crippen molar-refractivity contribution in [1.29, 1.82) is 0 Å². The number of esters is 2. The highest BCUT2D eigenvalue weighted by Crippen LogP contribution is 2.22. The zero-order chi connectivity index (χ0) is 14.5. The molecule has 0 aromatic carbocycles. The lowest BCUT2D eigenvalue weighted by Crippen LogP contribution is -2.39. The first kappa shape index (κ1) is 14.2. The predicted octanol–water partition coefficient (Wildman–Crippen LogP) is 0.653. The predicted molar refractivity (Wildman–Crippen MR) is 70.3 cm³/mol. The summed E-state index contributed by atoms with van der Waals surface area (Å²) in [7, 11) is 2.69. The number of nitrogens with zero attached hydrogens (tertiary/aromatic N) is 3. The molecule has 20 heavy (non-hydrogen) atoms. The lowest BCUT2D eigenvalue weighted by Gasteiger charge is -2.31. The van der Waals surface area contributed by atoms with Crippen molar-refractivity contribution in [2.45, 2.75) is 12.8 Å². The molecular formula is C13H17N3O4. The summed E-state index contributed by atoms with van der Waals surface area (Å²) in [5, 5.41) is 7.85. The number of carbonyl (C=O) groups excluding carboxylic acids is 2. The summed E-state index contributed by atoms with van der Waals surface area (Å²) in [4.78, 5) is 24.8. The largest absolute Gasteiger partial charge is 0.469 e. The third-order valence-corrected chi connectivity index (χ3v) is 3.32. The molecule has 2 rings (SSSR count). The van der Waals surface area contributed by atoms with Crippen molar-refractivity contribution in [2.24, 2.45) is 5.92 Å². The van der Waals surface area contributed by atoms with Gasteiger partial charge in [-0.1, -0.05) is 0 Å². The smallest absolute Gasteiger partial charge is 0.358 e. The molecule has 0 bridgehead atoms. The summed E-state index contributed by atoms with van der Waals surface area (Å²) in [6.45, 7) is 1.36. The molecule has 1 atom stereocenters. The lowest BCUT2D eigenvalue weighted by atomic mass is 9.98. The van der Waals surface area contributed by atoms with Crippen molar-refractivity contribution in [3.05, 3.63) is 17.8 Å². The van der Waals surface area contributed by atoms with Crippen LogP contribution in [0.15, 0.2) is 12.1 Å². The first-order chi connectivity index (χ1) is 9.65. The molecule has 1 aromatic heterocycles. The van der Waals surface area contributed by atoms with Gasteiger partial charge in [-0.15, -0.1) is 10.2 Å². The Hall–Kier alpha value is -2.18. The van der Waals surface area contributed by atoms with E-state index in [1.165, 1.54) is 14.2 Å². The summed E-state index contributed by atoms with van der Waals surface area (Å²) >= 11 is 0. The second kappa shape index (κ2) is 6.31. The number of piperidine rings is 1. The fraction of sp³-hybridized carbons (Fsp3) is 0.538. The van der Waals surface area contributed by atoms with Gasteiger partial charge in [-0.3, -0.25) is 4.79 Å². The molecule has 0 amide bonds. The highest BCUT2D eigenvalue weighted by molar-refractivity contribution is 5.87. The van der Waals surface area contributed by atoms with Gasteiger partial charge in [0, 0.05) is 13.1 Å². The fourth-order valence-corrected chi connectivity index (χ4v) is 2.25. The topological polar surface area (TPSA) is 81.6 Å². The van der Waals surface area contributed by atoms with E-state index >= 15 is 0 Å². The maximum absolute atomic E-state index is 11.6. The Morgan fingerprint density at radius 3 is 2.65 bits per heavy atom. The minimum atomic E-state index is -0.518. The van der Waals surface area contributed by atoms with Gasteiger partial charge in [-0.05, 0) is 25.0 Å². The monoisotopic (exact) mass is 279 g/mol. The number of rotatable bonds is 3. The van der Waals surface area contributed by atoms with Crippen LogP contribution in [0.5, 0.6) is 0 Å². The molecule has 1 aliphatic rings. The van der Waals surface area contributed by atoms with Crippen LogP contribution in [0.25, 0.3) is 0 Å². The van der Waals surface area contributed by atoms with Crippen molar-refractivity contribution < 1.29 is 19.1 Å². The summed E-state index contributed by atoms with van der Waals surface area (Å²) in [5.41, 5.74) is 0.165. The van der Waals surface area contributed by atoms with Crippen LogP contribution in [-0.4, -0.2) is 49.4 Å². The van der Waals surface area contributed by atoms with Crippen LogP contribution >= 0.6 is 0 Å². The quantitative estimate of drug-likeness (QED) is 0.751.